The van der Waals surface area contributed by atoms with Crippen LogP contribution in [0.4, 0.5) is 0 Å². The molecular formula is C18H17N3O2S. The van der Waals surface area contributed by atoms with Crippen LogP contribution in [0.3, 0.4) is 0 Å². The van der Waals surface area contributed by atoms with Gasteiger partial charge in [-0.25, -0.2) is 4.98 Å². The van der Waals surface area contributed by atoms with Crippen molar-refractivity contribution in [3.63, 3.8) is 0 Å². The fraction of sp³-hybridized carbons (Fsp3) is 0.278. The molecule has 0 aliphatic carbocycles. The maximum atomic E-state index is 12.7. The molecule has 1 saturated heterocycles. The summed E-state index contributed by atoms with van der Waals surface area (Å²) in [5, 5.41) is 1.08. The minimum atomic E-state index is -0.329. The molecule has 0 bridgehead atoms. The number of hydrogen-bond donors (Lipinski definition) is 1. The van der Waals surface area contributed by atoms with E-state index in [1.807, 2.05) is 18.2 Å². The number of aromatic amines is 1. The van der Waals surface area contributed by atoms with Crippen LogP contribution in [0, 0.1) is 0 Å². The predicted octanol–water partition coefficient (Wildman–Crippen LogP) is 3.00. The van der Waals surface area contributed by atoms with Gasteiger partial charge in [0.1, 0.15) is 5.56 Å². The summed E-state index contributed by atoms with van der Waals surface area (Å²) in [6, 6.07) is 11.4. The van der Waals surface area contributed by atoms with Crippen molar-refractivity contribution in [3.05, 3.63) is 63.5 Å². The van der Waals surface area contributed by atoms with Crippen molar-refractivity contribution in [2.75, 3.05) is 13.1 Å². The number of aromatic nitrogens is 2. The standard InChI is InChI=1S/C18H17N3O2S/c22-16-13(6-3-9-19-16)18(23)21-10-4-5-12(11-21)17-20-14-7-1-2-8-15(14)24-17/h1-3,6-9,12H,4-5,10-11H2,(H,19,22)/t12-/m0/s1. The predicted molar refractivity (Wildman–Crippen MR) is 94.6 cm³/mol. The topological polar surface area (TPSA) is 66.1 Å². The van der Waals surface area contributed by atoms with Crippen LogP contribution in [0.15, 0.2) is 47.4 Å². The molecule has 1 amide bonds. The number of carbonyl (C=O) groups excluding carboxylic acids is 1. The number of para-hydroxylation sites is 1. The summed E-state index contributed by atoms with van der Waals surface area (Å²) in [6.45, 7) is 1.31. The van der Waals surface area contributed by atoms with Gasteiger partial charge < -0.3 is 9.88 Å². The van der Waals surface area contributed by atoms with Crippen molar-refractivity contribution in [1.29, 1.82) is 0 Å². The van der Waals surface area contributed by atoms with Crippen molar-refractivity contribution in [2.24, 2.45) is 0 Å². The maximum Gasteiger partial charge on any atom is 0.260 e. The Morgan fingerprint density at radius 2 is 2.12 bits per heavy atom. The fourth-order valence-corrected chi connectivity index (χ4v) is 4.28. The van der Waals surface area contributed by atoms with E-state index in [4.69, 9.17) is 4.98 Å². The molecule has 1 aliphatic heterocycles. The van der Waals surface area contributed by atoms with Gasteiger partial charge in [-0.2, -0.15) is 0 Å². The number of hydrogen-bond acceptors (Lipinski definition) is 4. The molecule has 5 nitrogen and oxygen atoms in total. The zero-order valence-corrected chi connectivity index (χ0v) is 13.9. The molecule has 1 aliphatic rings. The average Bonchev–Trinajstić information content (AvgIpc) is 3.06. The van der Waals surface area contributed by atoms with Crippen LogP contribution in [0.25, 0.3) is 10.2 Å². The van der Waals surface area contributed by atoms with Gasteiger partial charge in [-0.05, 0) is 37.1 Å². The van der Waals surface area contributed by atoms with E-state index in [-0.39, 0.29) is 22.9 Å². The SMILES string of the molecule is O=C(c1ccc[nH]c1=O)N1CCC[C@H](c2nc3ccccc3s2)C1. The van der Waals surface area contributed by atoms with Crippen LogP contribution in [0.1, 0.15) is 34.1 Å². The summed E-state index contributed by atoms with van der Waals surface area (Å²) in [5.41, 5.74) is 0.896. The van der Waals surface area contributed by atoms with Crippen LogP contribution < -0.4 is 5.56 Å². The summed E-state index contributed by atoms with van der Waals surface area (Å²) >= 11 is 1.70. The summed E-state index contributed by atoms with van der Waals surface area (Å²) in [5.74, 6) is 0.0468. The van der Waals surface area contributed by atoms with Gasteiger partial charge in [0.25, 0.3) is 11.5 Å². The van der Waals surface area contributed by atoms with Gasteiger partial charge in [0.15, 0.2) is 0 Å². The summed E-state index contributed by atoms with van der Waals surface area (Å²) in [6.07, 6.45) is 3.49. The highest BCUT2D eigenvalue weighted by Gasteiger charge is 2.28. The van der Waals surface area contributed by atoms with Crippen molar-refractivity contribution < 1.29 is 4.79 Å². The zero-order valence-electron chi connectivity index (χ0n) is 13.1. The lowest BCUT2D eigenvalue weighted by molar-refractivity contribution is 0.0705. The molecule has 4 rings (SSSR count). The van der Waals surface area contributed by atoms with Crippen molar-refractivity contribution >= 4 is 27.5 Å². The number of rotatable bonds is 2. The summed E-state index contributed by atoms with van der Waals surface area (Å²) < 4.78 is 1.18. The average molecular weight is 339 g/mol. The van der Waals surface area contributed by atoms with E-state index < -0.39 is 0 Å². The Labute approximate surface area is 143 Å². The first kappa shape index (κ1) is 15.1. The molecule has 24 heavy (non-hydrogen) atoms. The van der Waals surface area contributed by atoms with Crippen molar-refractivity contribution in [1.82, 2.24) is 14.9 Å². The number of pyridine rings is 1. The van der Waals surface area contributed by atoms with Crippen LogP contribution in [-0.2, 0) is 0 Å². The lowest BCUT2D eigenvalue weighted by Crippen LogP contribution is -2.41. The van der Waals surface area contributed by atoms with Gasteiger partial charge in [0.2, 0.25) is 0 Å². The normalized spacial score (nSPS) is 18.0. The highest BCUT2D eigenvalue weighted by Crippen LogP contribution is 2.33. The number of carbonyl (C=O) groups is 1. The smallest absolute Gasteiger partial charge is 0.260 e. The molecule has 2 aromatic heterocycles. The largest absolute Gasteiger partial charge is 0.338 e. The van der Waals surface area contributed by atoms with Gasteiger partial charge in [-0.15, -0.1) is 11.3 Å². The Bertz CT molecular complexity index is 913. The first-order valence-electron chi connectivity index (χ1n) is 8.05. The third kappa shape index (κ3) is 2.73. The number of benzene rings is 1. The second-order valence-corrected chi connectivity index (χ2v) is 7.09. The molecule has 3 aromatic rings. The minimum Gasteiger partial charge on any atom is -0.338 e. The third-order valence-electron chi connectivity index (χ3n) is 4.42. The van der Waals surface area contributed by atoms with Gasteiger partial charge >= 0.3 is 0 Å². The molecule has 1 atom stereocenters. The van der Waals surface area contributed by atoms with Gasteiger partial charge in [-0.3, -0.25) is 9.59 Å². The van der Waals surface area contributed by atoms with Gasteiger partial charge in [0.05, 0.1) is 15.2 Å². The Kier molecular flexibility index (Phi) is 3.90. The number of amides is 1. The highest BCUT2D eigenvalue weighted by molar-refractivity contribution is 7.18. The summed E-state index contributed by atoms with van der Waals surface area (Å²) in [7, 11) is 0. The Morgan fingerprint density at radius 1 is 1.25 bits per heavy atom. The van der Waals surface area contributed by atoms with E-state index in [1.165, 1.54) is 4.70 Å². The highest BCUT2D eigenvalue weighted by atomic mass is 32.1. The molecule has 1 N–H and O–H groups in total. The van der Waals surface area contributed by atoms with E-state index in [0.29, 0.717) is 13.1 Å². The first-order valence-corrected chi connectivity index (χ1v) is 8.86. The van der Waals surface area contributed by atoms with Crippen LogP contribution in [0.2, 0.25) is 0 Å². The second-order valence-electron chi connectivity index (χ2n) is 6.02. The molecule has 3 heterocycles. The molecule has 0 saturated carbocycles. The molecule has 0 radical (unpaired) electrons. The minimum absolute atomic E-state index is 0.192. The molecular weight excluding hydrogens is 322 g/mol. The second kappa shape index (κ2) is 6.20. The number of fused-ring (bicyclic) bond motifs is 1. The van der Waals surface area contributed by atoms with Gasteiger partial charge in [-0.1, -0.05) is 12.1 Å². The number of H-pyrrole nitrogens is 1. The number of nitrogens with zero attached hydrogens (tertiary/aromatic N) is 2. The lowest BCUT2D eigenvalue weighted by atomic mass is 9.98. The number of thiazole rings is 1. The quantitative estimate of drug-likeness (QED) is 0.780. The van der Waals surface area contributed by atoms with Crippen molar-refractivity contribution in [3.8, 4) is 0 Å². The Morgan fingerprint density at radius 3 is 2.96 bits per heavy atom. The molecule has 1 fully saturated rings. The van der Waals surface area contributed by atoms with Crippen molar-refractivity contribution in [2.45, 2.75) is 18.8 Å². The van der Waals surface area contributed by atoms with E-state index >= 15 is 0 Å². The van der Waals surface area contributed by atoms with E-state index in [2.05, 4.69) is 11.1 Å². The fourth-order valence-electron chi connectivity index (χ4n) is 3.19. The van der Waals surface area contributed by atoms with E-state index in [1.54, 1.807) is 34.6 Å². The molecule has 6 heteroatoms. The van der Waals surface area contributed by atoms with E-state index in [9.17, 15) is 9.59 Å². The number of piperidine rings is 1. The number of likely N-dealkylation sites (tertiary alicyclic amines) is 1. The zero-order chi connectivity index (χ0) is 16.5. The molecule has 122 valence electrons. The van der Waals surface area contributed by atoms with Crippen LogP contribution in [0.5, 0.6) is 0 Å². The first-order chi connectivity index (χ1) is 11.7. The molecule has 0 unspecified atom stereocenters. The molecule has 1 aromatic carbocycles. The Balaban J connectivity index is 1.58. The number of nitrogens with one attached hydrogen (secondary N) is 1. The summed E-state index contributed by atoms with van der Waals surface area (Å²) in [4.78, 5) is 33.6. The van der Waals surface area contributed by atoms with Crippen LogP contribution in [-0.4, -0.2) is 33.9 Å². The lowest BCUT2D eigenvalue weighted by Gasteiger charge is -2.31. The molecule has 0 spiro atoms. The van der Waals surface area contributed by atoms with E-state index in [0.717, 1.165) is 23.4 Å². The third-order valence-corrected chi connectivity index (χ3v) is 5.62. The Hall–Kier alpha value is -2.47. The monoisotopic (exact) mass is 339 g/mol. The van der Waals surface area contributed by atoms with Crippen LogP contribution >= 0.6 is 11.3 Å². The van der Waals surface area contributed by atoms with Gasteiger partial charge in [0, 0.05) is 25.2 Å². The maximum absolute atomic E-state index is 12.7.